The van der Waals surface area contributed by atoms with Crippen LogP contribution in [-0.2, 0) is 0 Å². The monoisotopic (exact) mass is 255 g/mol. The van der Waals surface area contributed by atoms with Gasteiger partial charge in [-0.3, -0.25) is 0 Å². The summed E-state index contributed by atoms with van der Waals surface area (Å²) in [5, 5.41) is 3.33. The third kappa shape index (κ3) is 3.36. The van der Waals surface area contributed by atoms with Gasteiger partial charge in [0.1, 0.15) is 11.5 Å². The molecule has 0 saturated carbocycles. The number of ether oxygens (including phenoxy) is 1. The molecule has 0 heterocycles. The van der Waals surface area contributed by atoms with Crippen LogP contribution >= 0.6 is 0 Å². The summed E-state index contributed by atoms with van der Waals surface area (Å²) in [6.45, 7) is 4.24. The first-order valence-electron chi connectivity index (χ1n) is 6.75. The Morgan fingerprint density at radius 2 is 1.89 bits per heavy atom. The second-order valence-electron chi connectivity index (χ2n) is 4.71. The molecule has 0 spiro atoms. The fourth-order valence-corrected chi connectivity index (χ4v) is 2.25. The Bertz CT molecular complexity index is 532. The average molecular weight is 255 g/mol. The highest BCUT2D eigenvalue weighted by molar-refractivity contribution is 5.40. The van der Waals surface area contributed by atoms with Crippen LogP contribution in [0.25, 0.3) is 0 Å². The summed E-state index contributed by atoms with van der Waals surface area (Å²) in [6.07, 6.45) is 1.03. The molecule has 0 saturated heterocycles. The van der Waals surface area contributed by atoms with Crippen LogP contribution in [0.2, 0.25) is 0 Å². The summed E-state index contributed by atoms with van der Waals surface area (Å²) >= 11 is 0. The third-order valence-corrected chi connectivity index (χ3v) is 3.27. The molecular formula is C17H21NO. The molecule has 0 amide bonds. The number of hydrogen-bond donors (Lipinski definition) is 1. The molecule has 0 aliphatic heterocycles. The lowest BCUT2D eigenvalue weighted by Gasteiger charge is -2.18. The van der Waals surface area contributed by atoms with Gasteiger partial charge in [0.15, 0.2) is 0 Å². The van der Waals surface area contributed by atoms with Crippen molar-refractivity contribution in [2.75, 3.05) is 7.05 Å². The van der Waals surface area contributed by atoms with Gasteiger partial charge in [-0.25, -0.2) is 0 Å². The molecule has 1 atom stereocenters. The van der Waals surface area contributed by atoms with E-state index in [0.29, 0.717) is 6.04 Å². The molecule has 1 N–H and O–H groups in total. The van der Waals surface area contributed by atoms with Gasteiger partial charge in [0.2, 0.25) is 0 Å². The van der Waals surface area contributed by atoms with Crippen LogP contribution in [0, 0.1) is 6.92 Å². The predicted octanol–water partition coefficient (Wildman–Crippen LogP) is 4.46. The van der Waals surface area contributed by atoms with E-state index >= 15 is 0 Å². The number of aryl methyl sites for hydroxylation is 1. The molecule has 100 valence electrons. The Kier molecular flexibility index (Phi) is 4.58. The SMILES string of the molecule is CCC(NC)c1ccccc1Oc1cccc(C)c1. The largest absolute Gasteiger partial charge is 0.457 e. The normalized spacial score (nSPS) is 12.2. The zero-order valence-corrected chi connectivity index (χ0v) is 11.8. The Hall–Kier alpha value is -1.80. The standard InChI is InChI=1S/C17H21NO/c1-4-16(18-3)15-10-5-6-11-17(15)19-14-9-7-8-13(2)12-14/h5-12,16,18H,4H2,1-3H3. The minimum Gasteiger partial charge on any atom is -0.457 e. The molecule has 2 nitrogen and oxygen atoms in total. The average Bonchev–Trinajstić information content (AvgIpc) is 2.42. The Balaban J connectivity index is 2.30. The van der Waals surface area contributed by atoms with Gasteiger partial charge in [-0.1, -0.05) is 37.3 Å². The first-order valence-corrected chi connectivity index (χ1v) is 6.75. The summed E-state index contributed by atoms with van der Waals surface area (Å²) < 4.78 is 6.03. The lowest BCUT2D eigenvalue weighted by Crippen LogP contribution is -2.15. The smallest absolute Gasteiger partial charge is 0.132 e. The van der Waals surface area contributed by atoms with E-state index in [1.807, 2.05) is 31.3 Å². The lowest BCUT2D eigenvalue weighted by atomic mass is 10.0. The molecule has 19 heavy (non-hydrogen) atoms. The third-order valence-electron chi connectivity index (χ3n) is 3.27. The van der Waals surface area contributed by atoms with Crippen LogP contribution in [0.1, 0.15) is 30.5 Å². The summed E-state index contributed by atoms with van der Waals surface area (Å²) in [4.78, 5) is 0. The quantitative estimate of drug-likeness (QED) is 0.851. The molecule has 0 aromatic heterocycles. The van der Waals surface area contributed by atoms with Crippen molar-refractivity contribution in [1.29, 1.82) is 0 Å². The highest BCUT2D eigenvalue weighted by Gasteiger charge is 2.12. The van der Waals surface area contributed by atoms with Crippen molar-refractivity contribution in [3.05, 3.63) is 59.7 Å². The topological polar surface area (TPSA) is 21.3 Å². The van der Waals surface area contributed by atoms with E-state index in [2.05, 4.69) is 43.4 Å². The summed E-state index contributed by atoms with van der Waals surface area (Å²) in [7, 11) is 1.98. The number of hydrogen-bond acceptors (Lipinski definition) is 2. The van der Waals surface area contributed by atoms with Crippen LogP contribution in [0.5, 0.6) is 11.5 Å². The highest BCUT2D eigenvalue weighted by Crippen LogP contribution is 2.30. The van der Waals surface area contributed by atoms with Gasteiger partial charge in [0, 0.05) is 11.6 Å². The van der Waals surface area contributed by atoms with E-state index < -0.39 is 0 Å². The molecule has 2 heteroatoms. The lowest BCUT2D eigenvalue weighted by molar-refractivity contribution is 0.458. The predicted molar refractivity (Wildman–Crippen MR) is 79.8 cm³/mol. The van der Waals surface area contributed by atoms with Crippen molar-refractivity contribution in [3.8, 4) is 11.5 Å². The summed E-state index contributed by atoms with van der Waals surface area (Å²) in [6, 6.07) is 16.7. The molecular weight excluding hydrogens is 234 g/mol. The molecule has 2 rings (SSSR count). The summed E-state index contributed by atoms with van der Waals surface area (Å²) in [5.41, 5.74) is 2.41. The fraction of sp³-hybridized carbons (Fsp3) is 0.294. The van der Waals surface area contributed by atoms with E-state index in [4.69, 9.17) is 4.74 Å². The zero-order chi connectivity index (χ0) is 13.7. The van der Waals surface area contributed by atoms with E-state index in [1.54, 1.807) is 0 Å². The molecule has 0 bridgehead atoms. The van der Waals surface area contributed by atoms with E-state index in [0.717, 1.165) is 17.9 Å². The van der Waals surface area contributed by atoms with Crippen LogP contribution in [0.3, 0.4) is 0 Å². The molecule has 0 aliphatic carbocycles. The highest BCUT2D eigenvalue weighted by atomic mass is 16.5. The Labute approximate surface area is 115 Å². The zero-order valence-electron chi connectivity index (χ0n) is 11.8. The van der Waals surface area contributed by atoms with Crippen molar-refractivity contribution >= 4 is 0 Å². The van der Waals surface area contributed by atoms with E-state index in [1.165, 1.54) is 11.1 Å². The van der Waals surface area contributed by atoms with Gasteiger partial charge < -0.3 is 10.1 Å². The van der Waals surface area contributed by atoms with Crippen LogP contribution in [-0.4, -0.2) is 7.05 Å². The van der Waals surface area contributed by atoms with Gasteiger partial charge in [-0.2, -0.15) is 0 Å². The maximum Gasteiger partial charge on any atom is 0.132 e. The number of benzene rings is 2. The molecule has 0 radical (unpaired) electrons. The first kappa shape index (κ1) is 13.6. The molecule has 2 aromatic carbocycles. The number of para-hydroxylation sites is 1. The Morgan fingerprint density at radius 1 is 1.11 bits per heavy atom. The van der Waals surface area contributed by atoms with E-state index in [9.17, 15) is 0 Å². The van der Waals surface area contributed by atoms with Crippen LogP contribution in [0.4, 0.5) is 0 Å². The number of rotatable bonds is 5. The minimum absolute atomic E-state index is 0.320. The van der Waals surface area contributed by atoms with Crippen LogP contribution in [0.15, 0.2) is 48.5 Å². The maximum atomic E-state index is 6.03. The molecule has 2 aromatic rings. The summed E-state index contributed by atoms with van der Waals surface area (Å²) in [5.74, 6) is 1.81. The number of nitrogens with one attached hydrogen (secondary N) is 1. The van der Waals surface area contributed by atoms with Crippen molar-refractivity contribution < 1.29 is 4.74 Å². The van der Waals surface area contributed by atoms with Crippen molar-refractivity contribution in [3.63, 3.8) is 0 Å². The van der Waals surface area contributed by atoms with Gasteiger partial charge in [-0.05, 0) is 44.2 Å². The van der Waals surface area contributed by atoms with Crippen molar-refractivity contribution in [2.45, 2.75) is 26.3 Å². The van der Waals surface area contributed by atoms with Gasteiger partial charge in [-0.15, -0.1) is 0 Å². The van der Waals surface area contributed by atoms with Gasteiger partial charge >= 0.3 is 0 Å². The van der Waals surface area contributed by atoms with Crippen LogP contribution < -0.4 is 10.1 Å². The van der Waals surface area contributed by atoms with Gasteiger partial charge in [0.25, 0.3) is 0 Å². The maximum absolute atomic E-state index is 6.03. The first-order chi connectivity index (χ1) is 9.24. The fourth-order valence-electron chi connectivity index (χ4n) is 2.25. The van der Waals surface area contributed by atoms with Crippen molar-refractivity contribution in [1.82, 2.24) is 5.32 Å². The molecule has 0 fully saturated rings. The van der Waals surface area contributed by atoms with Crippen molar-refractivity contribution in [2.24, 2.45) is 0 Å². The minimum atomic E-state index is 0.320. The molecule has 1 unspecified atom stereocenters. The van der Waals surface area contributed by atoms with E-state index in [-0.39, 0.29) is 0 Å². The second kappa shape index (κ2) is 6.39. The second-order valence-corrected chi connectivity index (χ2v) is 4.71. The molecule has 0 aliphatic rings. The Morgan fingerprint density at radius 3 is 2.58 bits per heavy atom. The van der Waals surface area contributed by atoms with Gasteiger partial charge in [0.05, 0.1) is 0 Å².